The molecule has 2 heterocycles. The largest absolute Gasteiger partial charge is 0.370 e. The van der Waals surface area contributed by atoms with Crippen LogP contribution in [0.25, 0.3) is 10.9 Å². The van der Waals surface area contributed by atoms with Crippen LogP contribution in [-0.2, 0) is 6.42 Å². The molecule has 0 fully saturated rings. The number of anilines is 1. The minimum absolute atomic E-state index is 1.05. The van der Waals surface area contributed by atoms with Gasteiger partial charge >= 0.3 is 0 Å². The highest BCUT2D eigenvalue weighted by Gasteiger charge is 2.09. The molecule has 0 atom stereocenters. The number of nitrogens with one attached hydrogen (secondary N) is 1. The first-order chi connectivity index (χ1) is 7.83. The molecule has 0 unspecified atom stereocenters. The molecule has 82 valence electrons. The molecule has 3 rings (SSSR count). The Bertz CT molecular complexity index is 531. The number of hydrogen-bond donors (Lipinski definition) is 1. The molecule has 0 saturated heterocycles. The molecule has 2 nitrogen and oxygen atoms in total. The number of pyridine rings is 1. The first kappa shape index (κ1) is 9.64. The lowest BCUT2D eigenvalue weighted by atomic mass is 10.1. The third-order valence-corrected chi connectivity index (χ3v) is 3.22. The second-order valence-electron chi connectivity index (χ2n) is 4.58. The second kappa shape index (κ2) is 3.78. The highest BCUT2D eigenvalue weighted by Crippen LogP contribution is 2.24. The Labute approximate surface area is 95.7 Å². The maximum absolute atomic E-state index is 4.73. The Kier molecular flexibility index (Phi) is 2.28. The number of hydrogen-bond acceptors (Lipinski definition) is 2. The monoisotopic (exact) mass is 212 g/mol. The molecular weight excluding hydrogens is 196 g/mol. The fourth-order valence-corrected chi connectivity index (χ4v) is 2.31. The van der Waals surface area contributed by atoms with Crippen LogP contribution in [0.2, 0.25) is 0 Å². The van der Waals surface area contributed by atoms with Crippen LogP contribution in [0.5, 0.6) is 0 Å². The van der Waals surface area contributed by atoms with Crippen molar-refractivity contribution in [1.29, 1.82) is 0 Å². The van der Waals surface area contributed by atoms with Crippen LogP contribution in [-0.4, -0.2) is 11.5 Å². The molecule has 16 heavy (non-hydrogen) atoms. The van der Waals surface area contributed by atoms with Crippen molar-refractivity contribution in [2.75, 3.05) is 11.9 Å². The first-order valence-electron chi connectivity index (χ1n) is 5.97. The number of nitrogens with zero attached hydrogens (tertiary/aromatic N) is 1. The predicted molar refractivity (Wildman–Crippen MR) is 67.9 cm³/mol. The summed E-state index contributed by atoms with van der Waals surface area (Å²) >= 11 is 0. The van der Waals surface area contributed by atoms with E-state index in [1.165, 1.54) is 29.4 Å². The maximum Gasteiger partial charge on any atom is 0.129 e. The third kappa shape index (κ3) is 1.64. The van der Waals surface area contributed by atoms with Crippen molar-refractivity contribution < 1.29 is 0 Å². The van der Waals surface area contributed by atoms with Gasteiger partial charge in [0.15, 0.2) is 0 Å². The molecule has 0 radical (unpaired) electrons. The Morgan fingerprint density at radius 3 is 3.06 bits per heavy atom. The van der Waals surface area contributed by atoms with E-state index in [1.807, 2.05) is 0 Å². The van der Waals surface area contributed by atoms with E-state index in [-0.39, 0.29) is 0 Å². The lowest BCUT2D eigenvalue weighted by Gasteiger charge is -2.08. The van der Waals surface area contributed by atoms with Gasteiger partial charge < -0.3 is 5.32 Å². The zero-order valence-corrected chi connectivity index (χ0v) is 9.59. The molecule has 1 aliphatic heterocycles. The van der Waals surface area contributed by atoms with E-state index < -0.39 is 0 Å². The van der Waals surface area contributed by atoms with Gasteiger partial charge in [-0.05, 0) is 49.4 Å². The van der Waals surface area contributed by atoms with Crippen molar-refractivity contribution >= 4 is 16.7 Å². The average molecular weight is 212 g/mol. The molecule has 2 heteroatoms. The van der Waals surface area contributed by atoms with E-state index in [1.54, 1.807) is 0 Å². The molecular formula is C14H16N2. The summed E-state index contributed by atoms with van der Waals surface area (Å²) in [7, 11) is 0. The van der Waals surface area contributed by atoms with Crippen LogP contribution >= 0.6 is 0 Å². The Hall–Kier alpha value is -1.57. The highest BCUT2D eigenvalue weighted by atomic mass is 15.0. The van der Waals surface area contributed by atoms with E-state index in [2.05, 4.69) is 36.5 Å². The van der Waals surface area contributed by atoms with Crippen LogP contribution in [0.4, 0.5) is 5.82 Å². The number of fused-ring (bicyclic) bond motifs is 2. The SMILES string of the molecule is Cc1ccc2cc3c(nc2c1)NCCCC3. The Balaban J connectivity index is 2.20. The van der Waals surface area contributed by atoms with E-state index in [0.717, 1.165) is 24.3 Å². The standard InChI is InChI=1S/C14H16N2/c1-10-5-6-11-9-12-4-2-3-7-15-14(12)16-13(11)8-10/h5-6,8-9H,2-4,7H2,1H3,(H,15,16). The minimum atomic E-state index is 1.05. The van der Waals surface area contributed by atoms with Gasteiger partial charge in [0.05, 0.1) is 5.52 Å². The maximum atomic E-state index is 4.73. The van der Waals surface area contributed by atoms with Crippen molar-refractivity contribution in [2.45, 2.75) is 26.2 Å². The molecule has 2 aromatic rings. The predicted octanol–water partition coefficient (Wildman–Crippen LogP) is 3.29. The van der Waals surface area contributed by atoms with Gasteiger partial charge in [-0.25, -0.2) is 4.98 Å². The summed E-state index contributed by atoms with van der Waals surface area (Å²) in [4.78, 5) is 4.73. The van der Waals surface area contributed by atoms with E-state index in [4.69, 9.17) is 4.98 Å². The number of benzene rings is 1. The van der Waals surface area contributed by atoms with Crippen molar-refractivity contribution in [3.8, 4) is 0 Å². The van der Waals surface area contributed by atoms with Gasteiger partial charge in [-0.3, -0.25) is 0 Å². The van der Waals surface area contributed by atoms with Crippen LogP contribution in [0.3, 0.4) is 0 Å². The first-order valence-corrected chi connectivity index (χ1v) is 5.97. The summed E-state index contributed by atoms with van der Waals surface area (Å²) in [5.74, 6) is 1.09. The smallest absolute Gasteiger partial charge is 0.129 e. The van der Waals surface area contributed by atoms with Gasteiger partial charge in [0, 0.05) is 11.9 Å². The summed E-state index contributed by atoms with van der Waals surface area (Å²) in [6, 6.07) is 8.76. The number of rotatable bonds is 0. The molecule has 1 aromatic carbocycles. The fourth-order valence-electron chi connectivity index (χ4n) is 2.31. The topological polar surface area (TPSA) is 24.9 Å². The van der Waals surface area contributed by atoms with E-state index in [0.29, 0.717) is 0 Å². The van der Waals surface area contributed by atoms with Gasteiger partial charge in [-0.2, -0.15) is 0 Å². The van der Waals surface area contributed by atoms with E-state index >= 15 is 0 Å². The Morgan fingerprint density at radius 2 is 2.12 bits per heavy atom. The van der Waals surface area contributed by atoms with Crippen LogP contribution in [0.1, 0.15) is 24.0 Å². The quantitative estimate of drug-likeness (QED) is 0.724. The summed E-state index contributed by atoms with van der Waals surface area (Å²) in [6.07, 6.45) is 3.66. The van der Waals surface area contributed by atoms with Gasteiger partial charge in [0.1, 0.15) is 5.82 Å². The van der Waals surface area contributed by atoms with Gasteiger partial charge in [0.25, 0.3) is 0 Å². The van der Waals surface area contributed by atoms with Crippen LogP contribution in [0.15, 0.2) is 24.3 Å². The van der Waals surface area contributed by atoms with Gasteiger partial charge in [0.2, 0.25) is 0 Å². The summed E-state index contributed by atoms with van der Waals surface area (Å²) < 4.78 is 0. The third-order valence-electron chi connectivity index (χ3n) is 3.22. The number of aromatic nitrogens is 1. The Morgan fingerprint density at radius 1 is 1.19 bits per heavy atom. The van der Waals surface area contributed by atoms with Crippen molar-refractivity contribution in [3.63, 3.8) is 0 Å². The molecule has 0 aliphatic carbocycles. The van der Waals surface area contributed by atoms with Crippen LogP contribution < -0.4 is 5.32 Å². The fraction of sp³-hybridized carbons (Fsp3) is 0.357. The molecule has 0 saturated carbocycles. The minimum Gasteiger partial charge on any atom is -0.370 e. The molecule has 1 aromatic heterocycles. The lowest BCUT2D eigenvalue weighted by molar-refractivity contribution is 0.786. The number of aryl methyl sites for hydroxylation is 2. The van der Waals surface area contributed by atoms with Crippen LogP contribution in [0, 0.1) is 6.92 Å². The summed E-state index contributed by atoms with van der Waals surface area (Å²) in [6.45, 7) is 3.16. The van der Waals surface area contributed by atoms with Gasteiger partial charge in [-0.1, -0.05) is 12.1 Å². The molecule has 1 N–H and O–H groups in total. The summed E-state index contributed by atoms with van der Waals surface area (Å²) in [5, 5.41) is 4.68. The van der Waals surface area contributed by atoms with Gasteiger partial charge in [-0.15, -0.1) is 0 Å². The second-order valence-corrected chi connectivity index (χ2v) is 4.58. The zero-order valence-electron chi connectivity index (χ0n) is 9.59. The molecule has 0 amide bonds. The molecule has 0 spiro atoms. The normalized spacial score (nSPS) is 15.3. The average Bonchev–Trinajstić information content (AvgIpc) is 2.50. The molecule has 0 bridgehead atoms. The van der Waals surface area contributed by atoms with Crippen molar-refractivity contribution in [3.05, 3.63) is 35.4 Å². The van der Waals surface area contributed by atoms with E-state index in [9.17, 15) is 0 Å². The van der Waals surface area contributed by atoms with Crippen molar-refractivity contribution in [2.24, 2.45) is 0 Å². The molecule has 1 aliphatic rings. The zero-order chi connectivity index (χ0) is 11.0. The highest BCUT2D eigenvalue weighted by molar-refractivity contribution is 5.82. The lowest BCUT2D eigenvalue weighted by Crippen LogP contribution is -2.02. The van der Waals surface area contributed by atoms with Crippen molar-refractivity contribution in [1.82, 2.24) is 4.98 Å². The summed E-state index contributed by atoms with van der Waals surface area (Å²) in [5.41, 5.74) is 3.75.